The van der Waals surface area contributed by atoms with Crippen LogP contribution in [0.25, 0.3) is 0 Å². The average molecular weight is 253 g/mol. The van der Waals surface area contributed by atoms with Crippen molar-refractivity contribution < 1.29 is 8.42 Å². The van der Waals surface area contributed by atoms with Crippen molar-refractivity contribution >= 4 is 9.84 Å². The smallest absolute Gasteiger partial charge is 0.181 e. The van der Waals surface area contributed by atoms with Gasteiger partial charge >= 0.3 is 0 Å². The third-order valence-electron chi connectivity index (χ3n) is 3.84. The lowest BCUT2D eigenvalue weighted by atomic mass is 10.1. The van der Waals surface area contributed by atoms with Gasteiger partial charge in [-0.3, -0.25) is 0 Å². The summed E-state index contributed by atoms with van der Waals surface area (Å²) in [6.45, 7) is 3.78. The molecule has 0 aromatic heterocycles. The van der Waals surface area contributed by atoms with Crippen molar-refractivity contribution in [2.75, 3.05) is 0 Å². The zero-order chi connectivity index (χ0) is 12.6. The molecular weight excluding hydrogens is 234 g/mol. The first-order chi connectivity index (χ1) is 7.94. The molecule has 4 heteroatoms. The van der Waals surface area contributed by atoms with Crippen LogP contribution < -0.4 is 5.73 Å². The number of benzene rings is 1. The summed E-state index contributed by atoms with van der Waals surface area (Å²) in [5.74, 6) is 0.0413. The third-order valence-corrected chi connectivity index (χ3v) is 6.38. The molecule has 0 heterocycles. The molecular formula is C13H19NO2S. The highest BCUT2D eigenvalue weighted by Gasteiger charge is 2.40. The molecule has 94 valence electrons. The van der Waals surface area contributed by atoms with Crippen molar-refractivity contribution in [3.8, 4) is 0 Å². The molecule has 1 aromatic rings. The summed E-state index contributed by atoms with van der Waals surface area (Å²) in [7, 11) is -3.23. The van der Waals surface area contributed by atoms with Gasteiger partial charge in [-0.1, -0.05) is 25.1 Å². The molecule has 0 saturated heterocycles. The van der Waals surface area contributed by atoms with Crippen LogP contribution in [0.2, 0.25) is 0 Å². The number of nitrogens with two attached hydrogens (primary N) is 1. The molecule has 1 aliphatic rings. The zero-order valence-corrected chi connectivity index (χ0v) is 11.1. The molecule has 3 unspecified atom stereocenters. The van der Waals surface area contributed by atoms with Crippen molar-refractivity contribution in [2.45, 2.75) is 42.9 Å². The van der Waals surface area contributed by atoms with Gasteiger partial charge in [0, 0.05) is 6.04 Å². The number of rotatable bonds is 2. The lowest BCUT2D eigenvalue weighted by molar-refractivity contribution is 0.506. The minimum Gasteiger partial charge on any atom is -0.327 e. The van der Waals surface area contributed by atoms with Gasteiger partial charge in [0.15, 0.2) is 9.84 Å². The molecule has 3 atom stereocenters. The Kier molecular flexibility index (Phi) is 3.27. The van der Waals surface area contributed by atoms with Gasteiger partial charge in [0.05, 0.1) is 10.1 Å². The van der Waals surface area contributed by atoms with Gasteiger partial charge in [0.1, 0.15) is 0 Å². The van der Waals surface area contributed by atoms with Gasteiger partial charge in [-0.05, 0) is 37.3 Å². The SMILES string of the molecule is Cc1ccccc1S(=O)(=O)C1CCC(N)C1C. The number of sulfone groups is 1. The number of aryl methyl sites for hydroxylation is 1. The first-order valence-corrected chi connectivity index (χ1v) is 7.54. The number of hydrogen-bond acceptors (Lipinski definition) is 3. The van der Waals surface area contributed by atoms with E-state index in [9.17, 15) is 8.42 Å². The first-order valence-electron chi connectivity index (χ1n) is 5.99. The van der Waals surface area contributed by atoms with E-state index in [0.29, 0.717) is 11.3 Å². The molecule has 3 nitrogen and oxygen atoms in total. The summed E-state index contributed by atoms with van der Waals surface area (Å²) in [6.07, 6.45) is 1.48. The fourth-order valence-electron chi connectivity index (χ4n) is 2.63. The maximum absolute atomic E-state index is 12.6. The first kappa shape index (κ1) is 12.6. The fraction of sp³-hybridized carbons (Fsp3) is 0.538. The second-order valence-electron chi connectivity index (χ2n) is 4.95. The van der Waals surface area contributed by atoms with Gasteiger partial charge in [0.2, 0.25) is 0 Å². The third kappa shape index (κ3) is 2.11. The van der Waals surface area contributed by atoms with Crippen molar-refractivity contribution in [1.29, 1.82) is 0 Å². The summed E-state index contributed by atoms with van der Waals surface area (Å²) < 4.78 is 25.1. The second-order valence-corrected chi connectivity index (χ2v) is 7.08. The molecule has 0 radical (unpaired) electrons. The summed E-state index contributed by atoms with van der Waals surface area (Å²) in [6, 6.07) is 7.18. The standard InChI is InChI=1S/C13H19NO2S/c1-9-5-3-4-6-12(9)17(15,16)13-8-7-11(14)10(13)2/h3-6,10-11,13H,7-8,14H2,1-2H3. The Balaban J connectivity index is 2.41. The molecule has 1 aromatic carbocycles. The zero-order valence-electron chi connectivity index (χ0n) is 10.3. The maximum atomic E-state index is 12.6. The Labute approximate surface area is 103 Å². The van der Waals surface area contributed by atoms with E-state index >= 15 is 0 Å². The monoisotopic (exact) mass is 253 g/mol. The summed E-state index contributed by atoms with van der Waals surface area (Å²) in [4.78, 5) is 0.464. The molecule has 0 spiro atoms. The summed E-state index contributed by atoms with van der Waals surface area (Å²) in [5, 5.41) is -0.321. The van der Waals surface area contributed by atoms with Gasteiger partial charge in [-0.25, -0.2) is 8.42 Å². The molecule has 0 amide bonds. The van der Waals surface area contributed by atoms with Crippen LogP contribution in [0.4, 0.5) is 0 Å². The topological polar surface area (TPSA) is 60.2 Å². The van der Waals surface area contributed by atoms with E-state index in [-0.39, 0.29) is 17.2 Å². The average Bonchev–Trinajstić information content (AvgIpc) is 2.60. The normalized spacial score (nSPS) is 29.5. The summed E-state index contributed by atoms with van der Waals surface area (Å²) in [5.41, 5.74) is 6.74. The molecule has 1 saturated carbocycles. The maximum Gasteiger partial charge on any atom is 0.181 e. The van der Waals surface area contributed by atoms with E-state index in [1.807, 2.05) is 26.0 Å². The highest BCUT2D eigenvalue weighted by molar-refractivity contribution is 7.92. The fourth-order valence-corrected chi connectivity index (χ4v) is 4.96. The van der Waals surface area contributed by atoms with E-state index in [2.05, 4.69) is 0 Å². The number of hydrogen-bond donors (Lipinski definition) is 1. The van der Waals surface area contributed by atoms with Gasteiger partial charge in [-0.15, -0.1) is 0 Å². The molecule has 2 rings (SSSR count). The molecule has 0 aliphatic heterocycles. The van der Waals surface area contributed by atoms with E-state index in [1.54, 1.807) is 12.1 Å². The van der Waals surface area contributed by atoms with Gasteiger partial charge < -0.3 is 5.73 Å². The molecule has 1 fully saturated rings. The van der Waals surface area contributed by atoms with Crippen LogP contribution in [0, 0.1) is 12.8 Å². The van der Waals surface area contributed by atoms with Crippen LogP contribution in [0.3, 0.4) is 0 Å². The van der Waals surface area contributed by atoms with Crippen LogP contribution in [-0.4, -0.2) is 19.7 Å². The van der Waals surface area contributed by atoms with E-state index < -0.39 is 9.84 Å². The van der Waals surface area contributed by atoms with Crippen LogP contribution in [0.15, 0.2) is 29.2 Å². The Bertz CT molecular complexity index is 510. The van der Waals surface area contributed by atoms with Crippen LogP contribution in [0.1, 0.15) is 25.3 Å². The van der Waals surface area contributed by atoms with Crippen LogP contribution >= 0.6 is 0 Å². The Hall–Kier alpha value is -0.870. The van der Waals surface area contributed by atoms with Crippen molar-refractivity contribution in [1.82, 2.24) is 0 Å². The van der Waals surface area contributed by atoms with Gasteiger partial charge in [0.25, 0.3) is 0 Å². The van der Waals surface area contributed by atoms with E-state index in [0.717, 1.165) is 12.0 Å². The van der Waals surface area contributed by atoms with Crippen molar-refractivity contribution in [3.05, 3.63) is 29.8 Å². The largest absolute Gasteiger partial charge is 0.327 e. The quantitative estimate of drug-likeness (QED) is 0.875. The lowest BCUT2D eigenvalue weighted by Crippen LogP contribution is -2.32. The van der Waals surface area contributed by atoms with Crippen molar-refractivity contribution in [3.63, 3.8) is 0 Å². The Morgan fingerprint density at radius 1 is 1.24 bits per heavy atom. The van der Waals surface area contributed by atoms with E-state index in [4.69, 9.17) is 5.73 Å². The highest BCUT2D eigenvalue weighted by atomic mass is 32.2. The molecule has 0 bridgehead atoms. The van der Waals surface area contributed by atoms with Crippen molar-refractivity contribution in [2.24, 2.45) is 11.7 Å². The molecule has 2 N–H and O–H groups in total. The van der Waals surface area contributed by atoms with Crippen LogP contribution in [-0.2, 0) is 9.84 Å². The minimum absolute atomic E-state index is 0.0128. The minimum atomic E-state index is -3.23. The van der Waals surface area contributed by atoms with E-state index in [1.165, 1.54) is 0 Å². The Morgan fingerprint density at radius 2 is 1.88 bits per heavy atom. The molecule has 17 heavy (non-hydrogen) atoms. The van der Waals surface area contributed by atoms with Crippen LogP contribution in [0.5, 0.6) is 0 Å². The lowest BCUT2D eigenvalue weighted by Gasteiger charge is -2.19. The molecule has 1 aliphatic carbocycles. The second kappa shape index (κ2) is 4.42. The predicted octanol–water partition coefficient (Wildman–Crippen LogP) is 1.89. The highest BCUT2D eigenvalue weighted by Crippen LogP contribution is 2.34. The predicted molar refractivity (Wildman–Crippen MR) is 68.5 cm³/mol. The van der Waals surface area contributed by atoms with Gasteiger partial charge in [-0.2, -0.15) is 0 Å². The summed E-state index contributed by atoms with van der Waals surface area (Å²) >= 11 is 0. The Morgan fingerprint density at radius 3 is 2.41 bits per heavy atom.